The SMILES string of the molecule is COC(CCC(=O)N(C)[n+]1ccc(C=Cc2ccc(Cl)cc2)cc1)OC. The van der Waals surface area contributed by atoms with Crippen LogP contribution in [0.25, 0.3) is 12.2 Å². The van der Waals surface area contributed by atoms with E-state index in [9.17, 15) is 4.79 Å². The van der Waals surface area contributed by atoms with Crippen molar-refractivity contribution in [1.82, 2.24) is 0 Å². The summed E-state index contributed by atoms with van der Waals surface area (Å²) in [6.07, 6.45) is 8.22. The number of carbonyl (C=O) groups excluding carboxylic acids is 1. The fraction of sp³-hybridized carbons (Fsp3) is 0.300. The monoisotopic (exact) mass is 375 g/mol. The van der Waals surface area contributed by atoms with Gasteiger partial charge in [0, 0.05) is 44.2 Å². The van der Waals surface area contributed by atoms with Crippen LogP contribution in [0.15, 0.2) is 48.8 Å². The number of hydrogen-bond donors (Lipinski definition) is 0. The molecular weight excluding hydrogens is 352 g/mol. The molecule has 5 nitrogen and oxygen atoms in total. The normalized spacial score (nSPS) is 11.3. The molecule has 0 bridgehead atoms. The van der Waals surface area contributed by atoms with E-state index in [-0.39, 0.29) is 12.2 Å². The van der Waals surface area contributed by atoms with E-state index >= 15 is 0 Å². The quantitative estimate of drug-likeness (QED) is 0.525. The number of halogens is 1. The van der Waals surface area contributed by atoms with Crippen LogP contribution < -0.4 is 9.69 Å². The van der Waals surface area contributed by atoms with Crippen molar-refractivity contribution < 1.29 is 18.9 Å². The standard InChI is InChI=1S/C20H24ClN2O3/c1-22(19(24)10-11-20(25-2)26-3)23-14-12-17(13-15-23)5-4-16-6-8-18(21)9-7-16/h4-9,12-15,20H,10-11H2,1-3H3/q+1. The number of carbonyl (C=O) groups is 1. The van der Waals surface area contributed by atoms with E-state index in [0.29, 0.717) is 12.8 Å². The van der Waals surface area contributed by atoms with Gasteiger partial charge in [-0.1, -0.05) is 40.6 Å². The summed E-state index contributed by atoms with van der Waals surface area (Å²) in [5.74, 6) is -0.0152. The minimum atomic E-state index is -0.363. The second-order valence-corrected chi connectivity index (χ2v) is 6.19. The Labute approximate surface area is 159 Å². The van der Waals surface area contributed by atoms with Crippen molar-refractivity contribution in [3.8, 4) is 0 Å². The molecule has 0 aliphatic heterocycles. The van der Waals surface area contributed by atoms with Gasteiger partial charge in [0.15, 0.2) is 6.29 Å². The molecule has 0 radical (unpaired) electrons. The third-order valence-corrected chi connectivity index (χ3v) is 4.26. The molecular formula is C20H24ClN2O3+. The highest BCUT2D eigenvalue weighted by molar-refractivity contribution is 6.30. The third-order valence-electron chi connectivity index (χ3n) is 4.00. The zero-order valence-electron chi connectivity index (χ0n) is 15.3. The molecule has 0 aliphatic rings. The van der Waals surface area contributed by atoms with Crippen LogP contribution in [0.1, 0.15) is 24.0 Å². The summed E-state index contributed by atoms with van der Waals surface area (Å²) < 4.78 is 12.0. The Morgan fingerprint density at radius 2 is 1.62 bits per heavy atom. The van der Waals surface area contributed by atoms with Crippen molar-refractivity contribution in [2.75, 3.05) is 26.3 Å². The van der Waals surface area contributed by atoms with Crippen LogP contribution in [0.4, 0.5) is 0 Å². The maximum absolute atomic E-state index is 12.3. The Morgan fingerprint density at radius 3 is 2.15 bits per heavy atom. The molecule has 1 aromatic heterocycles. The zero-order valence-corrected chi connectivity index (χ0v) is 16.0. The van der Waals surface area contributed by atoms with Gasteiger partial charge in [0.05, 0.1) is 7.05 Å². The van der Waals surface area contributed by atoms with Gasteiger partial charge < -0.3 is 9.47 Å². The predicted octanol–water partition coefficient (Wildman–Crippen LogP) is 3.29. The zero-order chi connectivity index (χ0) is 18.9. The Morgan fingerprint density at radius 1 is 1.08 bits per heavy atom. The minimum absolute atomic E-state index is 0.0152. The van der Waals surface area contributed by atoms with E-state index in [1.165, 1.54) is 0 Å². The number of aromatic nitrogens is 1. The fourth-order valence-corrected chi connectivity index (χ4v) is 2.50. The highest BCUT2D eigenvalue weighted by Gasteiger charge is 2.18. The van der Waals surface area contributed by atoms with Crippen molar-refractivity contribution in [3.63, 3.8) is 0 Å². The summed E-state index contributed by atoms with van der Waals surface area (Å²) in [5, 5.41) is 2.28. The molecule has 2 aromatic rings. The predicted molar refractivity (Wildman–Crippen MR) is 103 cm³/mol. The summed E-state index contributed by atoms with van der Waals surface area (Å²) in [6, 6.07) is 11.5. The molecule has 0 atom stereocenters. The lowest BCUT2D eigenvalue weighted by Gasteiger charge is -2.14. The highest BCUT2D eigenvalue weighted by Crippen LogP contribution is 2.12. The van der Waals surface area contributed by atoms with Gasteiger partial charge in [-0.15, -0.1) is 5.01 Å². The molecule has 0 saturated heterocycles. The number of rotatable bonds is 8. The largest absolute Gasteiger partial charge is 0.356 e. The number of pyridine rings is 1. The maximum atomic E-state index is 12.3. The van der Waals surface area contributed by atoms with Crippen LogP contribution in [0, 0.1) is 0 Å². The van der Waals surface area contributed by atoms with Crippen molar-refractivity contribution >= 4 is 29.7 Å². The number of ether oxygens (including phenoxy) is 2. The molecule has 138 valence electrons. The first-order valence-corrected chi connectivity index (χ1v) is 8.68. The molecule has 0 aliphatic carbocycles. The lowest BCUT2D eigenvalue weighted by atomic mass is 10.1. The number of hydrogen-bond acceptors (Lipinski definition) is 3. The first kappa shape index (κ1) is 20.1. The molecule has 0 spiro atoms. The van der Waals surface area contributed by atoms with Gasteiger partial charge in [-0.05, 0) is 23.3 Å². The van der Waals surface area contributed by atoms with E-state index in [1.54, 1.807) is 31.0 Å². The van der Waals surface area contributed by atoms with Gasteiger partial charge in [-0.25, -0.2) is 0 Å². The van der Waals surface area contributed by atoms with Crippen molar-refractivity contribution in [1.29, 1.82) is 0 Å². The molecule has 26 heavy (non-hydrogen) atoms. The summed E-state index contributed by atoms with van der Waals surface area (Å²) >= 11 is 5.88. The Bertz CT molecular complexity index is 726. The average Bonchev–Trinajstić information content (AvgIpc) is 2.68. The maximum Gasteiger partial charge on any atom is 0.277 e. The second-order valence-electron chi connectivity index (χ2n) is 5.75. The number of methoxy groups -OCH3 is 2. The van der Waals surface area contributed by atoms with Crippen LogP contribution in [0.5, 0.6) is 0 Å². The van der Waals surface area contributed by atoms with Gasteiger partial charge in [0.1, 0.15) is 0 Å². The molecule has 0 saturated carbocycles. The van der Waals surface area contributed by atoms with E-state index in [0.717, 1.165) is 16.1 Å². The third kappa shape index (κ3) is 5.95. The number of benzene rings is 1. The number of amides is 1. The van der Waals surface area contributed by atoms with Crippen LogP contribution in [0.3, 0.4) is 0 Å². The van der Waals surface area contributed by atoms with Crippen molar-refractivity contribution in [2.45, 2.75) is 19.1 Å². The molecule has 0 unspecified atom stereocenters. The van der Waals surface area contributed by atoms with E-state index < -0.39 is 0 Å². The van der Waals surface area contributed by atoms with Gasteiger partial charge in [-0.2, -0.15) is 0 Å². The first-order valence-electron chi connectivity index (χ1n) is 8.31. The van der Waals surface area contributed by atoms with E-state index in [4.69, 9.17) is 21.1 Å². The minimum Gasteiger partial charge on any atom is -0.356 e. The Kier molecular flexibility index (Phi) is 7.78. The van der Waals surface area contributed by atoms with Crippen LogP contribution >= 0.6 is 11.6 Å². The van der Waals surface area contributed by atoms with E-state index in [2.05, 4.69) is 0 Å². The van der Waals surface area contributed by atoms with Gasteiger partial charge >= 0.3 is 0 Å². The summed E-state index contributed by atoms with van der Waals surface area (Å²) in [4.78, 5) is 12.3. The topological polar surface area (TPSA) is 42.7 Å². The van der Waals surface area contributed by atoms with Crippen molar-refractivity contribution in [3.05, 3.63) is 64.9 Å². The molecule has 0 fully saturated rings. The smallest absolute Gasteiger partial charge is 0.277 e. The second kappa shape index (κ2) is 10.1. The van der Waals surface area contributed by atoms with E-state index in [1.807, 2.05) is 60.9 Å². The molecule has 0 N–H and O–H groups in total. The Balaban J connectivity index is 1.95. The lowest BCUT2D eigenvalue weighted by Crippen LogP contribution is -2.58. The first-order chi connectivity index (χ1) is 12.5. The molecule has 1 aromatic carbocycles. The van der Waals surface area contributed by atoms with Crippen LogP contribution in [-0.2, 0) is 14.3 Å². The molecule has 2 rings (SSSR count). The highest BCUT2D eigenvalue weighted by atomic mass is 35.5. The van der Waals surface area contributed by atoms with Gasteiger partial charge in [0.2, 0.25) is 12.4 Å². The molecule has 1 amide bonds. The lowest BCUT2D eigenvalue weighted by molar-refractivity contribution is -0.680. The van der Waals surface area contributed by atoms with Crippen LogP contribution in [-0.4, -0.2) is 33.5 Å². The molecule has 1 heterocycles. The fourth-order valence-electron chi connectivity index (χ4n) is 2.37. The van der Waals surface area contributed by atoms with Gasteiger partial charge in [-0.3, -0.25) is 4.79 Å². The van der Waals surface area contributed by atoms with Crippen molar-refractivity contribution in [2.24, 2.45) is 0 Å². The number of nitrogens with zero attached hydrogens (tertiary/aromatic N) is 2. The summed E-state index contributed by atoms with van der Waals surface area (Å²) in [7, 11) is 4.86. The summed E-state index contributed by atoms with van der Waals surface area (Å²) in [5.41, 5.74) is 2.11. The van der Waals surface area contributed by atoms with Gasteiger partial charge in [0.25, 0.3) is 5.91 Å². The average molecular weight is 376 g/mol. The molecule has 6 heteroatoms. The summed E-state index contributed by atoms with van der Waals surface area (Å²) in [6.45, 7) is 0. The Hall–Kier alpha value is -2.21. The van der Waals surface area contributed by atoms with Crippen LogP contribution in [0.2, 0.25) is 5.02 Å².